The Kier molecular flexibility index (Phi) is 5.00. The molecule has 0 saturated heterocycles. The van der Waals surface area contributed by atoms with E-state index in [0.717, 1.165) is 4.52 Å². The zero-order chi connectivity index (χ0) is 19.9. The fraction of sp³-hybridized carbons (Fsp3) is 0.250. The van der Waals surface area contributed by atoms with Gasteiger partial charge in [-0.05, 0) is 32.0 Å². The quantitative estimate of drug-likeness (QED) is 0.691. The van der Waals surface area contributed by atoms with E-state index in [4.69, 9.17) is 23.2 Å². The number of carbonyl (C=O) groups excluding carboxylic acids is 1. The highest BCUT2D eigenvalue weighted by Gasteiger charge is 2.37. The van der Waals surface area contributed by atoms with Gasteiger partial charge in [-0.3, -0.25) is 4.79 Å². The number of nitrogens with zero attached hydrogens (tertiary/aromatic N) is 4. The molecule has 0 fully saturated rings. The molecule has 0 radical (unpaired) electrons. The maximum atomic E-state index is 12.8. The standard InChI is InChI=1S/C16H12Cl2F3N5O/c1-7-10(6-13(27)23-9-3-4-11(17)12(18)5-9)8(2)26-15(22-7)24-14(25-26)16(19,20)21/h3-5H,6H2,1-2H3,(H,23,27). The Balaban J connectivity index is 1.89. The summed E-state index contributed by atoms with van der Waals surface area (Å²) < 4.78 is 39.4. The minimum Gasteiger partial charge on any atom is -0.326 e. The van der Waals surface area contributed by atoms with Gasteiger partial charge in [0.15, 0.2) is 0 Å². The van der Waals surface area contributed by atoms with Crippen molar-refractivity contribution in [2.45, 2.75) is 26.4 Å². The summed E-state index contributed by atoms with van der Waals surface area (Å²) in [5, 5.41) is 6.74. The van der Waals surface area contributed by atoms with Crippen molar-refractivity contribution >= 4 is 40.6 Å². The van der Waals surface area contributed by atoms with E-state index in [9.17, 15) is 18.0 Å². The van der Waals surface area contributed by atoms with E-state index < -0.39 is 17.9 Å². The number of carbonyl (C=O) groups is 1. The number of halogens is 5. The van der Waals surface area contributed by atoms with Crippen molar-refractivity contribution in [1.29, 1.82) is 0 Å². The summed E-state index contributed by atoms with van der Waals surface area (Å²) in [6, 6.07) is 4.62. The molecule has 1 amide bonds. The van der Waals surface area contributed by atoms with Gasteiger partial charge in [0.2, 0.25) is 5.91 Å². The average molecular weight is 418 g/mol. The van der Waals surface area contributed by atoms with Crippen LogP contribution in [0.3, 0.4) is 0 Å². The Morgan fingerprint density at radius 2 is 1.89 bits per heavy atom. The average Bonchev–Trinajstić information content (AvgIpc) is 2.99. The number of anilines is 1. The summed E-state index contributed by atoms with van der Waals surface area (Å²) in [5.74, 6) is -1.85. The lowest BCUT2D eigenvalue weighted by molar-refractivity contribution is -0.144. The topological polar surface area (TPSA) is 72.2 Å². The Morgan fingerprint density at radius 3 is 2.52 bits per heavy atom. The molecule has 142 valence electrons. The zero-order valence-corrected chi connectivity index (χ0v) is 15.5. The first-order valence-corrected chi connectivity index (χ1v) is 8.37. The molecule has 3 rings (SSSR count). The molecule has 2 aromatic heterocycles. The molecule has 1 N–H and O–H groups in total. The van der Waals surface area contributed by atoms with Crippen molar-refractivity contribution in [3.8, 4) is 0 Å². The van der Waals surface area contributed by atoms with Crippen molar-refractivity contribution < 1.29 is 18.0 Å². The minimum atomic E-state index is -4.68. The summed E-state index contributed by atoms with van der Waals surface area (Å²) in [6.45, 7) is 3.15. The van der Waals surface area contributed by atoms with Crippen molar-refractivity contribution in [2.24, 2.45) is 0 Å². The smallest absolute Gasteiger partial charge is 0.326 e. The number of hydrogen-bond donors (Lipinski definition) is 1. The van der Waals surface area contributed by atoms with Crippen LogP contribution in [0.25, 0.3) is 5.78 Å². The number of aryl methyl sites for hydroxylation is 2. The molecule has 0 bridgehead atoms. The van der Waals surface area contributed by atoms with Gasteiger partial charge in [-0.15, -0.1) is 5.10 Å². The monoisotopic (exact) mass is 417 g/mol. The number of alkyl halides is 3. The van der Waals surface area contributed by atoms with Gasteiger partial charge in [0.1, 0.15) is 0 Å². The van der Waals surface area contributed by atoms with Gasteiger partial charge in [-0.2, -0.15) is 18.2 Å². The maximum absolute atomic E-state index is 12.8. The molecule has 0 unspecified atom stereocenters. The molecular formula is C16H12Cl2F3N5O. The second-order valence-corrected chi connectivity index (χ2v) is 6.57. The molecule has 0 aliphatic rings. The molecular weight excluding hydrogens is 406 g/mol. The zero-order valence-electron chi connectivity index (χ0n) is 14.0. The summed E-state index contributed by atoms with van der Waals surface area (Å²) in [7, 11) is 0. The molecule has 0 spiro atoms. The Labute approximate surface area is 161 Å². The van der Waals surface area contributed by atoms with E-state index in [2.05, 4.69) is 20.4 Å². The van der Waals surface area contributed by atoms with Gasteiger partial charge >= 0.3 is 6.18 Å². The summed E-state index contributed by atoms with van der Waals surface area (Å²) >= 11 is 11.7. The molecule has 1 aromatic carbocycles. The molecule has 2 heterocycles. The lowest BCUT2D eigenvalue weighted by Gasteiger charge is -2.11. The lowest BCUT2D eigenvalue weighted by atomic mass is 10.1. The van der Waals surface area contributed by atoms with Crippen LogP contribution < -0.4 is 5.32 Å². The van der Waals surface area contributed by atoms with Gasteiger partial charge in [-0.25, -0.2) is 9.50 Å². The predicted octanol–water partition coefficient (Wildman–Crippen LogP) is 4.25. The second-order valence-electron chi connectivity index (χ2n) is 5.76. The van der Waals surface area contributed by atoms with Gasteiger partial charge in [-0.1, -0.05) is 23.2 Å². The highest BCUT2D eigenvalue weighted by atomic mass is 35.5. The van der Waals surface area contributed by atoms with Crippen molar-refractivity contribution in [3.63, 3.8) is 0 Å². The predicted molar refractivity (Wildman–Crippen MR) is 94.1 cm³/mol. The number of nitrogens with one attached hydrogen (secondary N) is 1. The molecule has 0 aliphatic carbocycles. The molecule has 6 nitrogen and oxygen atoms in total. The first-order valence-electron chi connectivity index (χ1n) is 7.61. The van der Waals surface area contributed by atoms with Gasteiger partial charge in [0, 0.05) is 22.6 Å². The SMILES string of the molecule is Cc1nc2nc(C(F)(F)F)nn2c(C)c1CC(=O)Nc1ccc(Cl)c(Cl)c1. The van der Waals surface area contributed by atoms with Crippen molar-refractivity contribution in [1.82, 2.24) is 19.6 Å². The molecule has 11 heteroatoms. The third kappa shape index (κ3) is 3.98. The van der Waals surface area contributed by atoms with Gasteiger partial charge < -0.3 is 5.32 Å². The highest BCUT2D eigenvalue weighted by molar-refractivity contribution is 6.42. The maximum Gasteiger partial charge on any atom is 0.453 e. The third-order valence-electron chi connectivity index (χ3n) is 3.84. The first kappa shape index (κ1) is 19.4. The van der Waals surface area contributed by atoms with E-state index in [1.54, 1.807) is 19.9 Å². The fourth-order valence-corrected chi connectivity index (χ4v) is 2.82. The number of aromatic nitrogens is 4. The van der Waals surface area contributed by atoms with Gasteiger partial charge in [0.05, 0.1) is 16.5 Å². The lowest BCUT2D eigenvalue weighted by Crippen LogP contribution is -2.17. The van der Waals surface area contributed by atoms with Crippen LogP contribution in [0.1, 0.15) is 22.8 Å². The van der Waals surface area contributed by atoms with Crippen LogP contribution in [0.5, 0.6) is 0 Å². The number of fused-ring (bicyclic) bond motifs is 1. The van der Waals surface area contributed by atoms with E-state index in [1.165, 1.54) is 12.1 Å². The third-order valence-corrected chi connectivity index (χ3v) is 4.58. The molecule has 0 atom stereocenters. The number of rotatable bonds is 3. The largest absolute Gasteiger partial charge is 0.453 e. The number of amides is 1. The van der Waals surface area contributed by atoms with Crippen LogP contribution in [0.15, 0.2) is 18.2 Å². The van der Waals surface area contributed by atoms with Crippen molar-refractivity contribution in [2.75, 3.05) is 5.32 Å². The summed E-state index contributed by atoms with van der Waals surface area (Å²) in [5.41, 5.74) is 1.65. The van der Waals surface area contributed by atoms with Crippen LogP contribution in [-0.2, 0) is 17.4 Å². The van der Waals surface area contributed by atoms with E-state index >= 15 is 0 Å². The molecule has 27 heavy (non-hydrogen) atoms. The molecule has 0 saturated carbocycles. The summed E-state index contributed by atoms with van der Waals surface area (Å²) in [4.78, 5) is 19.8. The van der Waals surface area contributed by atoms with Crippen LogP contribution >= 0.6 is 23.2 Å². The molecule has 0 aliphatic heterocycles. The first-order chi connectivity index (χ1) is 12.6. The van der Waals surface area contributed by atoms with E-state index in [0.29, 0.717) is 27.7 Å². The van der Waals surface area contributed by atoms with Crippen LogP contribution in [0.4, 0.5) is 18.9 Å². The second kappa shape index (κ2) is 6.97. The van der Waals surface area contributed by atoms with Crippen molar-refractivity contribution in [3.05, 3.63) is 51.0 Å². The van der Waals surface area contributed by atoms with E-state index in [-0.39, 0.29) is 17.2 Å². The van der Waals surface area contributed by atoms with Crippen LogP contribution in [0, 0.1) is 13.8 Å². The molecule has 3 aromatic rings. The van der Waals surface area contributed by atoms with Gasteiger partial charge in [0.25, 0.3) is 11.6 Å². The summed E-state index contributed by atoms with van der Waals surface area (Å²) in [6.07, 6.45) is -4.79. The van der Waals surface area contributed by atoms with Crippen LogP contribution in [0.2, 0.25) is 10.0 Å². The highest BCUT2D eigenvalue weighted by Crippen LogP contribution is 2.27. The Bertz CT molecular complexity index is 1050. The fourth-order valence-electron chi connectivity index (χ4n) is 2.52. The Hall–Kier alpha value is -2.39. The Morgan fingerprint density at radius 1 is 1.19 bits per heavy atom. The minimum absolute atomic E-state index is 0.109. The normalized spacial score (nSPS) is 11.8. The number of benzene rings is 1. The number of hydrogen-bond acceptors (Lipinski definition) is 4. The van der Waals surface area contributed by atoms with Crippen LogP contribution in [-0.4, -0.2) is 25.5 Å². The van der Waals surface area contributed by atoms with E-state index in [1.807, 2.05) is 0 Å².